The maximum absolute atomic E-state index is 9.37. The number of hydrogen-bond donors (Lipinski definition) is 1. The van der Waals surface area contributed by atoms with E-state index < -0.39 is 0 Å². The Hall–Kier alpha value is -2.33. The zero-order valence-electron chi connectivity index (χ0n) is 16.2. The van der Waals surface area contributed by atoms with Crippen LogP contribution in [0.1, 0.15) is 34.5 Å². The Morgan fingerprint density at radius 1 is 1.00 bits per heavy atom. The molecule has 3 rings (SSSR count). The third-order valence-corrected chi connectivity index (χ3v) is 4.89. The van der Waals surface area contributed by atoms with Crippen LogP contribution in [0.5, 0.6) is 5.75 Å². The number of hydrogen-bond acceptors (Lipinski definition) is 3. The molecule has 4 nitrogen and oxygen atoms in total. The summed E-state index contributed by atoms with van der Waals surface area (Å²) in [4.78, 5) is 4.73. The largest absolute Gasteiger partial charge is 0.493 e. The number of aryl methyl sites for hydroxylation is 5. The molecule has 0 radical (unpaired) electrons. The molecule has 1 heterocycles. The molecule has 0 aliphatic heterocycles. The van der Waals surface area contributed by atoms with E-state index in [0.717, 1.165) is 35.6 Å². The average molecular weight is 352 g/mol. The molecule has 0 amide bonds. The number of aliphatic hydroxyl groups is 1. The molecule has 2 aromatic carbocycles. The summed E-state index contributed by atoms with van der Waals surface area (Å²) in [6.07, 6.45) is 1.47. The summed E-state index contributed by atoms with van der Waals surface area (Å²) >= 11 is 0. The maximum atomic E-state index is 9.37. The van der Waals surface area contributed by atoms with Gasteiger partial charge in [0.05, 0.1) is 24.2 Å². The summed E-state index contributed by atoms with van der Waals surface area (Å²) in [7, 11) is 0. The van der Waals surface area contributed by atoms with Gasteiger partial charge in [0.1, 0.15) is 11.6 Å². The summed E-state index contributed by atoms with van der Waals surface area (Å²) in [6, 6.07) is 10.6. The van der Waals surface area contributed by atoms with Gasteiger partial charge in [0, 0.05) is 13.0 Å². The lowest BCUT2D eigenvalue weighted by atomic mass is 10.1. The molecule has 26 heavy (non-hydrogen) atoms. The fraction of sp³-hybridized carbons (Fsp3) is 0.409. The standard InChI is InChI=1S/C22H28N2O2/c1-15-6-7-21(18(4)12-15)26-11-5-9-24-20-14-17(3)16(2)13-19(20)23-22(24)8-10-25/h6-7,12-14,25H,5,8-11H2,1-4H3. The van der Waals surface area contributed by atoms with Crippen LogP contribution in [0.3, 0.4) is 0 Å². The number of benzene rings is 2. The van der Waals surface area contributed by atoms with E-state index in [0.29, 0.717) is 13.0 Å². The van der Waals surface area contributed by atoms with Crippen LogP contribution in [-0.4, -0.2) is 27.9 Å². The molecule has 3 aromatic rings. The maximum Gasteiger partial charge on any atom is 0.122 e. The Bertz CT molecular complexity index is 912. The minimum atomic E-state index is 0.111. The van der Waals surface area contributed by atoms with Gasteiger partial charge in [0.25, 0.3) is 0 Å². The van der Waals surface area contributed by atoms with E-state index in [2.05, 4.69) is 56.5 Å². The number of nitrogens with zero attached hydrogens (tertiary/aromatic N) is 2. The van der Waals surface area contributed by atoms with Crippen molar-refractivity contribution < 1.29 is 9.84 Å². The van der Waals surface area contributed by atoms with E-state index in [4.69, 9.17) is 9.72 Å². The van der Waals surface area contributed by atoms with Gasteiger partial charge in [-0.05, 0) is 69.0 Å². The highest BCUT2D eigenvalue weighted by atomic mass is 16.5. The smallest absolute Gasteiger partial charge is 0.122 e. The number of fused-ring (bicyclic) bond motifs is 1. The number of ether oxygens (including phenoxy) is 1. The van der Waals surface area contributed by atoms with Crippen molar-refractivity contribution in [3.8, 4) is 5.75 Å². The number of imidazole rings is 1. The lowest BCUT2D eigenvalue weighted by Crippen LogP contribution is -2.09. The van der Waals surface area contributed by atoms with Gasteiger partial charge in [-0.25, -0.2) is 4.98 Å². The van der Waals surface area contributed by atoms with Gasteiger partial charge in [-0.3, -0.25) is 0 Å². The molecule has 0 aliphatic rings. The minimum absolute atomic E-state index is 0.111. The Morgan fingerprint density at radius 3 is 2.50 bits per heavy atom. The van der Waals surface area contributed by atoms with Crippen molar-refractivity contribution in [3.05, 3.63) is 58.4 Å². The Balaban J connectivity index is 1.73. The Kier molecular flexibility index (Phi) is 5.62. The zero-order valence-corrected chi connectivity index (χ0v) is 16.2. The zero-order chi connectivity index (χ0) is 18.7. The van der Waals surface area contributed by atoms with Crippen LogP contribution < -0.4 is 4.74 Å². The van der Waals surface area contributed by atoms with Crippen LogP contribution in [0.15, 0.2) is 30.3 Å². The fourth-order valence-electron chi connectivity index (χ4n) is 3.34. The molecule has 1 aromatic heterocycles. The molecule has 0 fully saturated rings. The number of rotatable bonds is 7. The number of aliphatic hydroxyl groups excluding tert-OH is 1. The summed E-state index contributed by atoms with van der Waals surface area (Å²) in [6.45, 7) is 10.0. The van der Waals surface area contributed by atoms with E-state index in [1.165, 1.54) is 22.3 Å². The molecule has 0 atom stereocenters. The lowest BCUT2D eigenvalue weighted by molar-refractivity contribution is 0.289. The molecule has 0 bridgehead atoms. The highest BCUT2D eigenvalue weighted by Gasteiger charge is 2.12. The normalized spacial score (nSPS) is 11.3. The molecule has 0 unspecified atom stereocenters. The average Bonchev–Trinajstić information content (AvgIpc) is 2.90. The van der Waals surface area contributed by atoms with Crippen LogP contribution in [-0.2, 0) is 13.0 Å². The fourth-order valence-corrected chi connectivity index (χ4v) is 3.34. The van der Waals surface area contributed by atoms with Crippen LogP contribution in [0.2, 0.25) is 0 Å². The predicted octanol–water partition coefficient (Wildman–Crippen LogP) is 4.27. The molecule has 0 aliphatic carbocycles. The van der Waals surface area contributed by atoms with Crippen molar-refractivity contribution in [3.63, 3.8) is 0 Å². The van der Waals surface area contributed by atoms with Crippen molar-refractivity contribution >= 4 is 11.0 Å². The highest BCUT2D eigenvalue weighted by Crippen LogP contribution is 2.22. The molecule has 138 valence electrons. The van der Waals surface area contributed by atoms with E-state index in [1.807, 2.05) is 6.07 Å². The van der Waals surface area contributed by atoms with Gasteiger partial charge in [-0.1, -0.05) is 17.7 Å². The third kappa shape index (κ3) is 3.91. The minimum Gasteiger partial charge on any atom is -0.493 e. The van der Waals surface area contributed by atoms with Gasteiger partial charge in [-0.15, -0.1) is 0 Å². The van der Waals surface area contributed by atoms with Gasteiger partial charge in [0.15, 0.2) is 0 Å². The summed E-state index contributed by atoms with van der Waals surface area (Å²) in [5, 5.41) is 9.37. The first-order chi connectivity index (χ1) is 12.5. The second kappa shape index (κ2) is 7.92. The van der Waals surface area contributed by atoms with Crippen LogP contribution in [0.4, 0.5) is 0 Å². The molecule has 0 spiro atoms. The molecule has 1 N–H and O–H groups in total. The topological polar surface area (TPSA) is 47.3 Å². The van der Waals surface area contributed by atoms with E-state index in [1.54, 1.807) is 0 Å². The molecular formula is C22H28N2O2. The predicted molar refractivity (Wildman–Crippen MR) is 106 cm³/mol. The monoisotopic (exact) mass is 352 g/mol. The van der Waals surface area contributed by atoms with Crippen molar-refractivity contribution in [1.29, 1.82) is 0 Å². The van der Waals surface area contributed by atoms with Crippen molar-refractivity contribution in [2.24, 2.45) is 0 Å². The number of aromatic nitrogens is 2. The van der Waals surface area contributed by atoms with Crippen molar-refractivity contribution in [1.82, 2.24) is 9.55 Å². The van der Waals surface area contributed by atoms with Crippen molar-refractivity contribution in [2.45, 2.75) is 47.1 Å². The van der Waals surface area contributed by atoms with Gasteiger partial charge < -0.3 is 14.4 Å². The molecule has 4 heteroatoms. The first-order valence-corrected chi connectivity index (χ1v) is 9.27. The van der Waals surface area contributed by atoms with E-state index in [9.17, 15) is 5.11 Å². The van der Waals surface area contributed by atoms with Crippen LogP contribution >= 0.6 is 0 Å². The van der Waals surface area contributed by atoms with E-state index in [-0.39, 0.29) is 6.61 Å². The lowest BCUT2D eigenvalue weighted by Gasteiger charge is -2.12. The quantitative estimate of drug-likeness (QED) is 0.646. The van der Waals surface area contributed by atoms with Crippen LogP contribution in [0, 0.1) is 27.7 Å². The SMILES string of the molecule is Cc1ccc(OCCCn2c(CCO)nc3cc(C)c(C)cc32)c(C)c1. The summed E-state index contributed by atoms with van der Waals surface area (Å²) in [5.41, 5.74) is 7.08. The highest BCUT2D eigenvalue weighted by molar-refractivity contribution is 5.78. The Labute approximate surface area is 155 Å². The molecule has 0 saturated heterocycles. The van der Waals surface area contributed by atoms with E-state index >= 15 is 0 Å². The summed E-state index contributed by atoms with van der Waals surface area (Å²) < 4.78 is 8.19. The van der Waals surface area contributed by atoms with Gasteiger partial charge >= 0.3 is 0 Å². The van der Waals surface area contributed by atoms with Crippen LogP contribution in [0.25, 0.3) is 11.0 Å². The molecule has 0 saturated carbocycles. The Morgan fingerprint density at radius 2 is 1.77 bits per heavy atom. The molecular weight excluding hydrogens is 324 g/mol. The summed E-state index contributed by atoms with van der Waals surface area (Å²) in [5.74, 6) is 1.90. The van der Waals surface area contributed by atoms with Crippen molar-refractivity contribution in [2.75, 3.05) is 13.2 Å². The first kappa shape index (κ1) is 18.5. The first-order valence-electron chi connectivity index (χ1n) is 9.27. The van der Waals surface area contributed by atoms with Gasteiger partial charge in [0.2, 0.25) is 0 Å². The second-order valence-corrected chi connectivity index (χ2v) is 7.05. The second-order valence-electron chi connectivity index (χ2n) is 7.05. The third-order valence-electron chi connectivity index (χ3n) is 4.89. The van der Waals surface area contributed by atoms with Gasteiger partial charge in [-0.2, -0.15) is 0 Å².